The first-order valence-corrected chi connectivity index (χ1v) is 47.3. The molecule has 0 radical (unpaired) electrons. The van der Waals surface area contributed by atoms with Crippen LogP contribution in [0.1, 0.15) is 50.5 Å². The average molecular weight is 1930 g/mol. The molecule has 3 N–H and O–H groups in total. The van der Waals surface area contributed by atoms with Gasteiger partial charge in [-0.3, -0.25) is 50.9 Å². The molecular weight excluding hydrogens is 1820 g/mol. The van der Waals surface area contributed by atoms with Gasteiger partial charge in [0, 0.05) is 188 Å². The predicted molar refractivity (Wildman–Crippen MR) is 541 cm³/mol. The van der Waals surface area contributed by atoms with Gasteiger partial charge in [-0.05, 0) is 218 Å². The molecule has 6 aliphatic heterocycles. The Morgan fingerprint density at radius 3 is 1.46 bits per heavy atom. The first kappa shape index (κ1) is 96.9. The summed E-state index contributed by atoms with van der Waals surface area (Å²) in [5.74, 6) is 1.31. The molecule has 17 heterocycles. The highest BCUT2D eigenvalue weighted by Gasteiger charge is 2.37. The van der Waals surface area contributed by atoms with Gasteiger partial charge in [-0.1, -0.05) is 6.07 Å². The Balaban J connectivity index is 0.000000117. The molecule has 22 rings (SSSR count). The number of piperazine rings is 2. The van der Waals surface area contributed by atoms with Crippen molar-refractivity contribution in [2.24, 2.45) is 0 Å². The molecule has 142 heavy (non-hydrogen) atoms. The van der Waals surface area contributed by atoms with Crippen LogP contribution in [-0.2, 0) is 0 Å². The van der Waals surface area contributed by atoms with Crippen molar-refractivity contribution >= 4 is 62.1 Å². The number of likely N-dealkylation sites (N-methyl/N-ethyl adjacent to an activating group) is 2. The summed E-state index contributed by atoms with van der Waals surface area (Å²) in [4.78, 5) is 107. The largest absolute Gasteiger partial charge is 0.494 e. The van der Waals surface area contributed by atoms with Crippen LogP contribution in [0.3, 0.4) is 0 Å². The van der Waals surface area contributed by atoms with Crippen molar-refractivity contribution in [3.8, 4) is 91.1 Å². The Morgan fingerprint density at radius 1 is 0.458 bits per heavy atom. The number of methoxy groups -OCH3 is 4. The molecule has 11 aromatic heterocycles. The van der Waals surface area contributed by atoms with Gasteiger partial charge in [0.2, 0.25) is 0 Å². The zero-order chi connectivity index (χ0) is 99.1. The Kier molecular flexibility index (Phi) is 29.2. The predicted octanol–water partition coefficient (Wildman–Crippen LogP) is 12.0. The number of anilines is 4. The number of nitrogens with one attached hydrogen (secondary N) is 2. The number of aliphatic hydroxyl groups is 1. The molecule has 0 bridgehead atoms. The number of nitrogens with zero attached hydrogens (tertiary/aromatic N) is 19. The number of fused-ring (bicyclic) bond motifs is 6. The van der Waals surface area contributed by atoms with Crippen LogP contribution < -0.4 is 81.7 Å². The molecule has 36 heteroatoms. The molecule has 16 aromatic rings. The van der Waals surface area contributed by atoms with Crippen molar-refractivity contribution in [1.29, 1.82) is 5.26 Å². The Labute approximate surface area is 815 Å². The van der Waals surface area contributed by atoms with Gasteiger partial charge in [0.25, 0.3) is 27.8 Å². The van der Waals surface area contributed by atoms with Gasteiger partial charge >= 0.3 is 0 Å². The topological polar surface area (TPSA) is 335 Å². The lowest BCUT2D eigenvalue weighted by atomic mass is 10.1. The van der Waals surface area contributed by atoms with Crippen LogP contribution in [0.5, 0.6) is 28.7 Å². The summed E-state index contributed by atoms with van der Waals surface area (Å²) in [5.41, 5.74) is 12.8. The first-order valence-electron chi connectivity index (χ1n) is 47.3. The minimum absolute atomic E-state index is 0.0946. The van der Waals surface area contributed by atoms with E-state index in [0.29, 0.717) is 121 Å². The van der Waals surface area contributed by atoms with E-state index >= 15 is 0 Å². The number of aromatic nitrogens is 11. The smallest absolute Gasteiger partial charge is 0.258 e. The number of rotatable bonds is 17. The average Bonchev–Trinajstić information content (AvgIpc) is 1.17. The van der Waals surface area contributed by atoms with Gasteiger partial charge in [-0.15, -0.1) is 0 Å². The Bertz CT molecular complexity index is 7740. The standard InChI is InChI=1S/C23H25FN4O3.C22H23N5O2.C22H25N3O4.C20H21FN4O2.C19H16FN5O/c1-31-21-6-4-15(10-17(21)24)18-11-23(30)28-12-16(5-7-22(28)25-18)27-13-19(20(29)14-27)26-8-2-3-9-26;1-14-12-26(9-8-25(14)3)17-5-7-21-24-19(11-22(28)27(21)13-17)16-4-6-18-20(10-16)29-15(2)23-18;1-24-10-8-16(9-11-24)29-17-5-7-21-23-18(13-22(26)25(21)14-17)15-4-6-19(27-2)20(12-15)28-3;1-24(14-7-8-22-11-14)15-4-6-19-23-17(10-20(26)25(19)12-15)13-3-5-18(27-2)16(21)9-13;20-15-8-13(11-21)7-14(9-15)17-10-19(26)25-12-16(1-2-18(25)23-17)24-5-3-22-4-6-24/h4-7,10-12,19-20,29H,2-3,8-9,13-14H2,1H3;4-7,10-11,13-14H,8-9,12H2,1-3H3;4-7,12-14,16H,8-11H2,1-3H3;3-6,9-10,12,14,22H,7-8,11H2,1-2H3;1-2,7-10,12,22H,3-6H2/t19-,20-;14-;;14-;/m00.1./s1. The van der Waals surface area contributed by atoms with Gasteiger partial charge in [0.05, 0.1) is 110 Å². The van der Waals surface area contributed by atoms with E-state index in [1.165, 1.54) is 105 Å². The van der Waals surface area contributed by atoms with Crippen molar-refractivity contribution in [1.82, 2.24) is 77.2 Å². The highest BCUT2D eigenvalue weighted by Crippen LogP contribution is 2.35. The number of halogens is 3. The number of piperidine rings is 1. The van der Waals surface area contributed by atoms with E-state index in [1.54, 1.807) is 79.8 Å². The number of likely N-dealkylation sites (tertiary alicyclic amines) is 2. The van der Waals surface area contributed by atoms with Crippen LogP contribution in [0, 0.1) is 35.7 Å². The quantitative estimate of drug-likeness (QED) is 0.0762. The van der Waals surface area contributed by atoms with Crippen LogP contribution in [0.15, 0.2) is 241 Å². The van der Waals surface area contributed by atoms with E-state index < -0.39 is 23.6 Å². The lowest BCUT2D eigenvalue weighted by molar-refractivity contribution is 0.0986. The molecule has 6 fully saturated rings. The van der Waals surface area contributed by atoms with Crippen LogP contribution in [-0.4, -0.2) is 250 Å². The van der Waals surface area contributed by atoms with Gasteiger partial charge in [0.15, 0.2) is 46.1 Å². The highest BCUT2D eigenvalue weighted by atomic mass is 19.1. The summed E-state index contributed by atoms with van der Waals surface area (Å²) < 4.78 is 81.7. The fraction of sp³-hybridized carbons (Fsp3) is 0.321. The number of oxazole rings is 1. The summed E-state index contributed by atoms with van der Waals surface area (Å²) in [6.45, 7) is 17.8. The van der Waals surface area contributed by atoms with Gasteiger partial charge in [-0.25, -0.2) is 43.1 Å². The molecule has 0 spiro atoms. The number of nitriles is 1. The third kappa shape index (κ3) is 21.6. The maximum Gasteiger partial charge on any atom is 0.258 e. The lowest BCUT2D eigenvalue weighted by Gasteiger charge is -2.39. The number of hydrogen-bond acceptors (Lipinski definition) is 28. The Morgan fingerprint density at radius 2 is 0.944 bits per heavy atom. The summed E-state index contributed by atoms with van der Waals surface area (Å²) in [5, 5.41) is 26.2. The normalized spacial score (nSPS) is 17.4. The van der Waals surface area contributed by atoms with Crippen LogP contribution >= 0.6 is 0 Å². The van der Waals surface area contributed by atoms with Crippen molar-refractivity contribution in [3.63, 3.8) is 0 Å². The molecule has 4 atom stereocenters. The summed E-state index contributed by atoms with van der Waals surface area (Å²) in [6, 6.07) is 53.2. The number of ether oxygens (including phenoxy) is 5. The molecule has 0 amide bonds. The monoisotopic (exact) mass is 1930 g/mol. The third-order valence-electron chi connectivity index (χ3n) is 26.9. The minimum atomic E-state index is -0.532. The van der Waals surface area contributed by atoms with Gasteiger partial charge < -0.3 is 73.2 Å². The molecule has 0 saturated carbocycles. The number of pyridine rings is 5. The third-order valence-corrected chi connectivity index (χ3v) is 26.9. The van der Waals surface area contributed by atoms with Crippen molar-refractivity contribution in [2.75, 3.05) is 167 Å². The Hall–Kier alpha value is -15.4. The van der Waals surface area contributed by atoms with E-state index in [9.17, 15) is 42.3 Å². The lowest BCUT2D eigenvalue weighted by Crippen LogP contribution is -2.50. The summed E-state index contributed by atoms with van der Waals surface area (Å²) in [7, 11) is 12.3. The highest BCUT2D eigenvalue weighted by molar-refractivity contribution is 5.80. The molecule has 0 unspecified atom stereocenters. The number of hydrogen-bond donors (Lipinski definition) is 3. The van der Waals surface area contributed by atoms with E-state index in [1.807, 2.05) is 105 Å². The van der Waals surface area contributed by atoms with Crippen LogP contribution in [0.2, 0.25) is 0 Å². The zero-order valence-corrected chi connectivity index (χ0v) is 80.3. The number of β-amino-alcohol motifs (C(OH)–C–C–N with tert-alkyl or cyclic N) is 1. The minimum Gasteiger partial charge on any atom is -0.494 e. The van der Waals surface area contributed by atoms with Crippen LogP contribution in [0.25, 0.3) is 95.6 Å². The van der Waals surface area contributed by atoms with E-state index in [2.05, 4.69) is 90.9 Å². The second-order valence-electron chi connectivity index (χ2n) is 36.2. The number of aliphatic hydroxyl groups excluding tert-OH is 1. The fourth-order valence-electron chi connectivity index (χ4n) is 18.8. The molecule has 6 saturated heterocycles. The van der Waals surface area contributed by atoms with Crippen molar-refractivity contribution in [2.45, 2.75) is 76.3 Å². The van der Waals surface area contributed by atoms with E-state index in [4.69, 9.17) is 38.3 Å². The molecule has 0 aliphatic carbocycles. The van der Waals surface area contributed by atoms with Gasteiger partial charge in [0.1, 0.15) is 51.4 Å². The second kappa shape index (κ2) is 42.7. The number of aryl methyl sites for hydroxylation is 1. The SMILES string of the molecule is COc1ccc(-c2cc(=O)n3cc(N(C)[C@@H]4CCNC4)ccc3n2)cc1F.COc1ccc(-c2cc(=O)n3cc(N4C[C@H](O)[C@@H](N5CCCC5)C4)ccc3n2)cc1F.COc1ccc(-c2cc(=O)n3cc(OC4CCN(C)CC4)ccc3n2)cc1OC.Cc1nc2ccc(-c3cc(=O)n4cc(N5CCN(C)[C@@H](C)C5)ccc4n3)cc2o1.N#Cc1cc(F)cc(-c2cc(=O)n3cc(N4CCNCC4)ccc3n2)c1. The molecule has 5 aromatic carbocycles. The molecule has 33 nitrogen and oxygen atoms in total. The van der Waals surface area contributed by atoms with Gasteiger partial charge in [-0.2, -0.15) is 5.26 Å². The fourth-order valence-corrected chi connectivity index (χ4v) is 18.8. The van der Waals surface area contributed by atoms with E-state index in [-0.39, 0.29) is 57.0 Å². The second-order valence-corrected chi connectivity index (χ2v) is 36.2. The first-order chi connectivity index (χ1) is 68.8. The van der Waals surface area contributed by atoms with E-state index in [0.717, 1.165) is 156 Å². The van der Waals surface area contributed by atoms with Crippen molar-refractivity contribution < 1.29 is 46.4 Å². The van der Waals surface area contributed by atoms with Crippen molar-refractivity contribution in [3.05, 3.63) is 294 Å². The maximum atomic E-state index is 14.1. The summed E-state index contributed by atoms with van der Waals surface area (Å²) in [6.07, 6.45) is 14.2. The number of benzene rings is 5. The maximum absolute atomic E-state index is 14.1. The molecule has 6 aliphatic rings. The summed E-state index contributed by atoms with van der Waals surface area (Å²) >= 11 is 0. The zero-order valence-electron chi connectivity index (χ0n) is 80.3. The molecular formula is C106H110F3N21O12. The van der Waals surface area contributed by atoms with Crippen LogP contribution in [0.4, 0.5) is 35.9 Å². The molecule has 732 valence electrons.